The number of ether oxygens (including phenoxy) is 1. The molecule has 0 unspecified atom stereocenters. The molecule has 0 saturated carbocycles. The van der Waals surface area contributed by atoms with Crippen molar-refractivity contribution in [1.29, 1.82) is 0 Å². The maximum atomic E-state index is 10.4. The molecule has 4 atom stereocenters. The standard InChI is InChI=1S/C20H19NO2/c1-11-20(22)17-10-18(23-11)15-7-6-14-8-12-4-2-3-5-13(12)9-16(14)19(15)21-17/h2-9,11,17-18,20-22H,10H2,1H3/t11-,17+,18+,20-/m0/s1. The van der Waals surface area contributed by atoms with E-state index in [9.17, 15) is 5.11 Å². The van der Waals surface area contributed by atoms with Gasteiger partial charge in [0, 0.05) is 23.1 Å². The molecule has 5 rings (SSSR count). The fraction of sp³-hybridized carbons (Fsp3) is 0.300. The minimum Gasteiger partial charge on any atom is -0.388 e. The molecule has 2 bridgehead atoms. The van der Waals surface area contributed by atoms with Crippen LogP contribution in [0.1, 0.15) is 25.0 Å². The number of rotatable bonds is 0. The predicted octanol–water partition coefficient (Wildman–Crippen LogP) is 4.00. The van der Waals surface area contributed by atoms with Crippen LogP contribution in [0.2, 0.25) is 0 Å². The van der Waals surface area contributed by atoms with E-state index in [0.29, 0.717) is 0 Å². The first-order valence-corrected chi connectivity index (χ1v) is 8.26. The summed E-state index contributed by atoms with van der Waals surface area (Å²) in [7, 11) is 0. The van der Waals surface area contributed by atoms with E-state index < -0.39 is 6.10 Å². The average molecular weight is 305 g/mol. The van der Waals surface area contributed by atoms with Gasteiger partial charge in [-0.3, -0.25) is 0 Å². The Bertz CT molecular complexity index is 920. The zero-order chi connectivity index (χ0) is 15.6. The van der Waals surface area contributed by atoms with Crippen molar-refractivity contribution in [3.8, 4) is 0 Å². The molecule has 2 aliphatic rings. The number of benzene rings is 3. The van der Waals surface area contributed by atoms with Gasteiger partial charge in [-0.05, 0) is 35.2 Å². The second-order valence-corrected chi connectivity index (χ2v) is 6.76. The summed E-state index contributed by atoms with van der Waals surface area (Å²) in [5.74, 6) is 0. The van der Waals surface area contributed by atoms with Crippen molar-refractivity contribution in [3.05, 3.63) is 54.1 Å². The summed E-state index contributed by atoms with van der Waals surface area (Å²) in [6, 6.07) is 17.3. The molecule has 3 aromatic rings. The fourth-order valence-corrected chi connectivity index (χ4v) is 4.08. The highest BCUT2D eigenvalue weighted by molar-refractivity contribution is 6.04. The van der Waals surface area contributed by atoms with Crippen LogP contribution in [0.4, 0.5) is 5.69 Å². The van der Waals surface area contributed by atoms with Gasteiger partial charge >= 0.3 is 0 Å². The van der Waals surface area contributed by atoms with Crippen LogP contribution in [0.15, 0.2) is 48.5 Å². The molecule has 23 heavy (non-hydrogen) atoms. The monoisotopic (exact) mass is 305 g/mol. The molecule has 3 heteroatoms. The zero-order valence-corrected chi connectivity index (χ0v) is 13.0. The van der Waals surface area contributed by atoms with E-state index >= 15 is 0 Å². The molecule has 3 aromatic carbocycles. The molecule has 0 aromatic heterocycles. The third kappa shape index (κ3) is 1.90. The van der Waals surface area contributed by atoms with E-state index in [2.05, 4.69) is 53.8 Å². The highest BCUT2D eigenvalue weighted by Crippen LogP contribution is 2.44. The zero-order valence-electron chi connectivity index (χ0n) is 13.0. The number of nitrogens with one attached hydrogen (secondary N) is 1. The Balaban J connectivity index is 1.76. The third-order valence-corrected chi connectivity index (χ3v) is 5.34. The van der Waals surface area contributed by atoms with Crippen molar-refractivity contribution < 1.29 is 9.84 Å². The van der Waals surface area contributed by atoms with E-state index in [1.165, 1.54) is 27.1 Å². The Kier molecular flexibility index (Phi) is 2.73. The molecule has 2 heterocycles. The van der Waals surface area contributed by atoms with Gasteiger partial charge in [-0.25, -0.2) is 0 Å². The molecule has 0 radical (unpaired) electrons. The molecule has 116 valence electrons. The van der Waals surface area contributed by atoms with Gasteiger partial charge in [-0.2, -0.15) is 0 Å². The van der Waals surface area contributed by atoms with Crippen molar-refractivity contribution in [2.24, 2.45) is 0 Å². The minimum absolute atomic E-state index is 0.0633. The highest BCUT2D eigenvalue weighted by atomic mass is 16.5. The number of fused-ring (bicyclic) bond motifs is 7. The van der Waals surface area contributed by atoms with E-state index in [1.807, 2.05) is 6.92 Å². The lowest BCUT2D eigenvalue weighted by molar-refractivity contribution is -0.119. The van der Waals surface area contributed by atoms with Crippen molar-refractivity contribution in [3.63, 3.8) is 0 Å². The molecule has 0 spiro atoms. The summed E-state index contributed by atoms with van der Waals surface area (Å²) >= 11 is 0. The number of aliphatic hydroxyl groups excluding tert-OH is 1. The van der Waals surface area contributed by atoms with Crippen LogP contribution in [0.5, 0.6) is 0 Å². The fourth-order valence-electron chi connectivity index (χ4n) is 4.08. The molecular formula is C20H19NO2. The Morgan fingerprint density at radius 3 is 2.65 bits per heavy atom. The van der Waals surface area contributed by atoms with Gasteiger partial charge in [0.25, 0.3) is 0 Å². The SMILES string of the molecule is C[C@@H]1O[C@@H]2C[C@@H](Nc3c2ccc2cc4ccccc4cc32)[C@H]1O. The highest BCUT2D eigenvalue weighted by Gasteiger charge is 2.40. The summed E-state index contributed by atoms with van der Waals surface area (Å²) in [5.41, 5.74) is 2.34. The van der Waals surface area contributed by atoms with E-state index in [0.717, 1.165) is 12.1 Å². The lowest BCUT2D eigenvalue weighted by Gasteiger charge is -2.44. The minimum atomic E-state index is -0.463. The van der Waals surface area contributed by atoms with E-state index in [-0.39, 0.29) is 18.2 Å². The average Bonchev–Trinajstić information content (AvgIpc) is 2.58. The van der Waals surface area contributed by atoms with Crippen LogP contribution < -0.4 is 5.32 Å². The van der Waals surface area contributed by atoms with Gasteiger partial charge in [-0.15, -0.1) is 0 Å². The van der Waals surface area contributed by atoms with Crippen LogP contribution in [0, 0.1) is 0 Å². The van der Waals surface area contributed by atoms with Crippen molar-refractivity contribution in [1.82, 2.24) is 0 Å². The van der Waals surface area contributed by atoms with Gasteiger partial charge in [0.1, 0.15) is 6.10 Å². The van der Waals surface area contributed by atoms with E-state index in [1.54, 1.807) is 0 Å². The lowest BCUT2D eigenvalue weighted by atomic mass is 9.85. The van der Waals surface area contributed by atoms with Gasteiger partial charge in [-0.1, -0.05) is 36.4 Å². The summed E-state index contributed by atoms with van der Waals surface area (Å²) in [6.07, 6.45) is 0.310. The molecule has 2 N–H and O–H groups in total. The Hall–Kier alpha value is -2.10. The third-order valence-electron chi connectivity index (χ3n) is 5.34. The first kappa shape index (κ1) is 13.3. The van der Waals surface area contributed by atoms with E-state index in [4.69, 9.17) is 4.74 Å². The topological polar surface area (TPSA) is 41.5 Å². The van der Waals surface area contributed by atoms with Crippen LogP contribution >= 0.6 is 0 Å². The lowest BCUT2D eigenvalue weighted by Crippen LogP contribution is -2.50. The Morgan fingerprint density at radius 1 is 1.04 bits per heavy atom. The number of anilines is 1. The molecule has 3 nitrogen and oxygen atoms in total. The number of hydrogen-bond acceptors (Lipinski definition) is 3. The Morgan fingerprint density at radius 2 is 1.83 bits per heavy atom. The van der Waals surface area contributed by atoms with Crippen LogP contribution in [-0.4, -0.2) is 23.4 Å². The maximum absolute atomic E-state index is 10.4. The van der Waals surface area contributed by atoms with Crippen molar-refractivity contribution in [2.75, 3.05) is 5.32 Å². The quantitative estimate of drug-likeness (QED) is 0.617. The van der Waals surface area contributed by atoms with Crippen LogP contribution in [0.25, 0.3) is 21.5 Å². The number of aliphatic hydroxyl groups is 1. The summed E-state index contributed by atoms with van der Waals surface area (Å²) in [6.45, 7) is 1.95. The van der Waals surface area contributed by atoms with Gasteiger partial charge < -0.3 is 15.2 Å². The summed E-state index contributed by atoms with van der Waals surface area (Å²) < 4.78 is 6.04. The first-order valence-electron chi connectivity index (χ1n) is 8.26. The van der Waals surface area contributed by atoms with Gasteiger partial charge in [0.05, 0.1) is 18.2 Å². The van der Waals surface area contributed by atoms with Crippen molar-refractivity contribution >= 4 is 27.2 Å². The normalized spacial score (nSPS) is 29.3. The first-order chi connectivity index (χ1) is 11.2. The van der Waals surface area contributed by atoms with Crippen LogP contribution in [-0.2, 0) is 4.74 Å². The van der Waals surface area contributed by atoms with Gasteiger partial charge in [0.2, 0.25) is 0 Å². The largest absolute Gasteiger partial charge is 0.388 e. The molecule has 1 saturated heterocycles. The van der Waals surface area contributed by atoms with Gasteiger partial charge in [0.15, 0.2) is 0 Å². The summed E-state index contributed by atoms with van der Waals surface area (Å²) in [4.78, 5) is 0. The molecular weight excluding hydrogens is 286 g/mol. The van der Waals surface area contributed by atoms with Crippen molar-refractivity contribution in [2.45, 2.75) is 37.7 Å². The maximum Gasteiger partial charge on any atom is 0.100 e. The second kappa shape index (κ2) is 4.70. The number of hydrogen-bond donors (Lipinski definition) is 2. The second-order valence-electron chi connectivity index (χ2n) is 6.76. The predicted molar refractivity (Wildman–Crippen MR) is 92.8 cm³/mol. The molecule has 0 aliphatic carbocycles. The molecule has 0 amide bonds. The van der Waals surface area contributed by atoms with Crippen LogP contribution in [0.3, 0.4) is 0 Å². The molecule has 1 fully saturated rings. The molecule has 2 aliphatic heterocycles. The Labute approximate surface area is 134 Å². The smallest absolute Gasteiger partial charge is 0.100 e. The summed E-state index contributed by atoms with van der Waals surface area (Å²) in [5, 5.41) is 18.9.